The molecule has 9 N–H and O–H groups in total. The number of nitrogens with zero attached hydrogens (tertiary/aromatic N) is 2. The van der Waals surface area contributed by atoms with Crippen LogP contribution < -0.4 is 16.9 Å². The van der Waals surface area contributed by atoms with Crippen LogP contribution in [0.25, 0.3) is 0 Å². The monoisotopic (exact) mass is 360 g/mol. The lowest BCUT2D eigenvalue weighted by molar-refractivity contribution is -0.350. The van der Waals surface area contributed by atoms with Crippen LogP contribution in [0.5, 0.6) is 0 Å². The van der Waals surface area contributed by atoms with Crippen LogP contribution >= 0.6 is 0 Å². The summed E-state index contributed by atoms with van der Waals surface area (Å²) in [4.78, 5) is 22.2. The zero-order valence-corrected chi connectivity index (χ0v) is 13.0. The molecule has 4 unspecified atom stereocenters. The van der Waals surface area contributed by atoms with Gasteiger partial charge in [-0.2, -0.15) is 0 Å². The summed E-state index contributed by atoms with van der Waals surface area (Å²) in [6.07, 6.45) is -4.34. The third kappa shape index (κ3) is 3.85. The van der Waals surface area contributed by atoms with Gasteiger partial charge in [-0.15, -0.1) is 0 Å². The largest absolute Gasteiger partial charge is 0.394 e. The minimum absolute atomic E-state index is 0.143. The van der Waals surface area contributed by atoms with Crippen molar-refractivity contribution in [3.63, 3.8) is 0 Å². The summed E-state index contributed by atoms with van der Waals surface area (Å²) < 4.78 is 5.13. The second kappa shape index (κ2) is 7.28. The van der Waals surface area contributed by atoms with E-state index in [9.17, 15) is 25.1 Å². The van der Waals surface area contributed by atoms with Gasteiger partial charge in [-0.25, -0.2) is 10.9 Å². The standard InChI is InChI=1S/C12H20N6O7/c13-6(10(14)18(23)24)7(16-4-1-2-4)11(22)17(15)12-9(21)8(20)5(3-19)25-12/h4-5,8-9,12,14,16,19-21H,1-3,13,15H2/b7-6+,14-10?. The summed E-state index contributed by atoms with van der Waals surface area (Å²) in [6, 6.07) is -0.143. The van der Waals surface area contributed by atoms with Gasteiger partial charge in [0.2, 0.25) is 0 Å². The van der Waals surface area contributed by atoms with Crippen molar-refractivity contribution >= 4 is 11.7 Å². The van der Waals surface area contributed by atoms with Gasteiger partial charge < -0.3 is 41.2 Å². The molecule has 13 heteroatoms. The molecule has 1 heterocycles. The van der Waals surface area contributed by atoms with Gasteiger partial charge in [-0.1, -0.05) is 5.41 Å². The lowest BCUT2D eigenvalue weighted by Crippen LogP contribution is -2.54. The Morgan fingerprint density at radius 3 is 2.44 bits per heavy atom. The van der Waals surface area contributed by atoms with Gasteiger partial charge in [-0.3, -0.25) is 4.79 Å². The Bertz CT molecular complexity index is 607. The first-order chi connectivity index (χ1) is 11.7. The summed E-state index contributed by atoms with van der Waals surface area (Å²) >= 11 is 0. The number of amides is 1. The van der Waals surface area contributed by atoms with Crippen LogP contribution in [-0.2, 0) is 9.53 Å². The number of nitrogens with one attached hydrogen (secondary N) is 2. The number of ether oxygens (including phenoxy) is 1. The van der Waals surface area contributed by atoms with Crippen molar-refractivity contribution in [1.82, 2.24) is 10.3 Å². The highest BCUT2D eigenvalue weighted by Gasteiger charge is 2.47. The van der Waals surface area contributed by atoms with E-state index in [2.05, 4.69) is 5.32 Å². The quantitative estimate of drug-likeness (QED) is 0.0467. The first-order valence-electron chi connectivity index (χ1n) is 7.39. The molecule has 0 aromatic carbocycles. The molecular formula is C12H20N6O7. The number of rotatable bonds is 6. The van der Waals surface area contributed by atoms with Crippen LogP contribution in [-0.4, -0.2) is 74.2 Å². The predicted octanol–water partition coefficient (Wildman–Crippen LogP) is -3.70. The van der Waals surface area contributed by atoms with Crippen molar-refractivity contribution in [2.75, 3.05) is 6.61 Å². The molecule has 0 radical (unpaired) electrons. The van der Waals surface area contributed by atoms with Crippen molar-refractivity contribution in [2.24, 2.45) is 11.6 Å². The molecule has 13 nitrogen and oxygen atoms in total. The van der Waals surface area contributed by atoms with E-state index in [0.29, 0.717) is 17.9 Å². The van der Waals surface area contributed by atoms with Crippen LogP contribution in [0.2, 0.25) is 0 Å². The Morgan fingerprint density at radius 1 is 1.40 bits per heavy atom. The van der Waals surface area contributed by atoms with E-state index in [-0.39, 0.29) is 6.04 Å². The van der Waals surface area contributed by atoms with Gasteiger partial charge in [-0.05, 0) is 17.8 Å². The molecule has 0 aromatic heterocycles. The molecule has 2 rings (SSSR count). The molecule has 2 aliphatic rings. The van der Waals surface area contributed by atoms with Crippen LogP contribution in [0.1, 0.15) is 12.8 Å². The maximum Gasteiger partial charge on any atom is 0.381 e. The molecule has 0 aromatic rings. The Balaban J connectivity index is 2.25. The minimum atomic E-state index is -1.61. The zero-order valence-electron chi connectivity index (χ0n) is 13.0. The minimum Gasteiger partial charge on any atom is -0.394 e. The number of nitrogens with two attached hydrogens (primary N) is 2. The van der Waals surface area contributed by atoms with Gasteiger partial charge in [0.1, 0.15) is 24.0 Å². The summed E-state index contributed by atoms with van der Waals surface area (Å²) in [5.41, 5.74) is 4.36. The number of amidine groups is 1. The molecule has 1 aliphatic heterocycles. The van der Waals surface area contributed by atoms with Crippen LogP contribution in [0.3, 0.4) is 0 Å². The Kier molecular flexibility index (Phi) is 5.54. The van der Waals surface area contributed by atoms with Crippen molar-refractivity contribution < 1.29 is 29.8 Å². The van der Waals surface area contributed by atoms with E-state index < -0.39 is 59.2 Å². The lowest BCUT2D eigenvalue weighted by atomic mass is 10.1. The second-order valence-corrected chi connectivity index (χ2v) is 5.75. The van der Waals surface area contributed by atoms with Crippen LogP contribution in [0.4, 0.5) is 0 Å². The lowest BCUT2D eigenvalue weighted by Gasteiger charge is -2.27. The van der Waals surface area contributed by atoms with Crippen molar-refractivity contribution in [1.29, 1.82) is 5.41 Å². The van der Waals surface area contributed by atoms with Crippen molar-refractivity contribution in [3.8, 4) is 0 Å². The summed E-state index contributed by atoms with van der Waals surface area (Å²) in [5.74, 6) is 3.39. The average molecular weight is 360 g/mol. The summed E-state index contributed by atoms with van der Waals surface area (Å²) in [5, 5.41) is 49.8. The molecule has 0 bridgehead atoms. The van der Waals surface area contributed by atoms with Crippen molar-refractivity contribution in [3.05, 3.63) is 21.5 Å². The molecule has 140 valence electrons. The number of hydrogen-bond donors (Lipinski definition) is 7. The van der Waals surface area contributed by atoms with E-state index >= 15 is 0 Å². The Morgan fingerprint density at radius 2 is 2.00 bits per heavy atom. The number of aliphatic hydroxyl groups is 3. The maximum absolute atomic E-state index is 12.6. The van der Waals surface area contributed by atoms with Crippen molar-refractivity contribution in [2.45, 2.75) is 43.4 Å². The smallest absolute Gasteiger partial charge is 0.381 e. The molecule has 1 saturated heterocycles. The highest BCUT2D eigenvalue weighted by atomic mass is 16.6. The number of hydrazine groups is 1. The fourth-order valence-corrected chi connectivity index (χ4v) is 2.26. The molecule has 4 atom stereocenters. The summed E-state index contributed by atoms with van der Waals surface area (Å²) in [6.45, 7) is -0.617. The number of aliphatic hydroxyl groups excluding tert-OH is 3. The molecule has 1 amide bonds. The van der Waals surface area contributed by atoms with Gasteiger partial charge >= 0.3 is 5.84 Å². The second-order valence-electron chi connectivity index (χ2n) is 5.75. The Labute approximate surface area is 141 Å². The number of carbonyl (C=O) groups is 1. The van der Waals surface area contributed by atoms with E-state index in [1.807, 2.05) is 0 Å². The molecule has 0 spiro atoms. The number of hydrogen-bond acceptors (Lipinski definition) is 11. The van der Waals surface area contributed by atoms with E-state index in [0.717, 1.165) is 0 Å². The van der Waals surface area contributed by atoms with E-state index in [1.54, 1.807) is 0 Å². The maximum atomic E-state index is 12.6. The molecular weight excluding hydrogens is 340 g/mol. The molecule has 1 aliphatic carbocycles. The van der Waals surface area contributed by atoms with Crippen LogP contribution in [0, 0.1) is 15.5 Å². The third-order valence-electron chi connectivity index (χ3n) is 3.87. The number of nitro groups is 1. The topological polar surface area (TPSA) is 221 Å². The third-order valence-corrected chi connectivity index (χ3v) is 3.87. The molecule has 1 saturated carbocycles. The summed E-state index contributed by atoms with van der Waals surface area (Å²) in [7, 11) is 0. The predicted molar refractivity (Wildman–Crippen MR) is 80.9 cm³/mol. The highest BCUT2D eigenvalue weighted by molar-refractivity contribution is 6.02. The first-order valence-corrected chi connectivity index (χ1v) is 7.39. The van der Waals surface area contributed by atoms with Gasteiger partial charge in [0.05, 0.1) is 6.61 Å². The van der Waals surface area contributed by atoms with E-state index in [4.69, 9.17) is 26.8 Å². The average Bonchev–Trinajstić information content (AvgIpc) is 3.36. The fraction of sp³-hybridized carbons (Fsp3) is 0.667. The van der Waals surface area contributed by atoms with E-state index in [1.165, 1.54) is 0 Å². The fourth-order valence-electron chi connectivity index (χ4n) is 2.26. The highest BCUT2D eigenvalue weighted by Crippen LogP contribution is 2.25. The van der Waals surface area contributed by atoms with Crippen LogP contribution in [0.15, 0.2) is 11.4 Å². The Hall–Kier alpha value is -2.32. The molecule has 2 fully saturated rings. The number of carbonyl (C=O) groups excluding carboxylic acids is 1. The first kappa shape index (κ1) is 19.0. The molecule has 25 heavy (non-hydrogen) atoms. The SMILES string of the molecule is N=C(/C(N)=C(\NC1CC1)C(=O)N(N)C1OC(CO)C(O)C1O)[N+](=O)[O-]. The van der Waals surface area contributed by atoms with Gasteiger partial charge in [0.25, 0.3) is 5.91 Å². The zero-order chi connectivity index (χ0) is 18.9. The van der Waals surface area contributed by atoms with Gasteiger partial charge in [0, 0.05) is 6.04 Å². The van der Waals surface area contributed by atoms with Gasteiger partial charge in [0.15, 0.2) is 11.9 Å². The normalized spacial score (nSPS) is 29.8.